The molecule has 3 aliphatic carbocycles. The number of carbonyl (C=O) groups excluding carboxylic acids is 3. The van der Waals surface area contributed by atoms with Gasteiger partial charge in [-0.15, -0.1) is 0 Å². The summed E-state index contributed by atoms with van der Waals surface area (Å²) in [5.74, 6) is -6.61. The summed E-state index contributed by atoms with van der Waals surface area (Å²) in [7, 11) is 1.93. The number of ketones is 2. The molecule has 204 valence electrons. The Hall–Kier alpha value is -3.66. The van der Waals surface area contributed by atoms with E-state index < -0.39 is 52.0 Å². The molecule has 10 heteroatoms. The van der Waals surface area contributed by atoms with Crippen molar-refractivity contribution >= 4 is 29.1 Å². The van der Waals surface area contributed by atoms with Crippen LogP contribution in [0.3, 0.4) is 0 Å². The highest BCUT2D eigenvalue weighted by atomic mass is 35.5. The number of phenols is 1. The molecule has 0 heterocycles. The number of Topliss-reactive ketones (excluding diaryl/α,β-unsaturated/α-hetero) is 2. The molecule has 0 saturated carbocycles. The zero-order valence-corrected chi connectivity index (χ0v) is 22.0. The van der Waals surface area contributed by atoms with Crippen LogP contribution >= 0.6 is 11.6 Å². The smallest absolute Gasteiger partial charge is 0.255 e. The highest BCUT2D eigenvalue weighted by Gasteiger charge is 2.59. The number of amides is 1. The van der Waals surface area contributed by atoms with E-state index in [2.05, 4.69) is 4.90 Å². The summed E-state index contributed by atoms with van der Waals surface area (Å²) in [4.78, 5) is 40.5. The summed E-state index contributed by atoms with van der Waals surface area (Å²) in [6.45, 7) is 1.16. The van der Waals surface area contributed by atoms with E-state index in [1.165, 1.54) is 11.6 Å². The predicted molar refractivity (Wildman–Crippen MR) is 142 cm³/mol. The minimum Gasteiger partial charge on any atom is -0.511 e. The fourth-order valence-electron chi connectivity index (χ4n) is 6.17. The van der Waals surface area contributed by atoms with Gasteiger partial charge in [-0.3, -0.25) is 14.4 Å². The summed E-state index contributed by atoms with van der Waals surface area (Å²) in [6.07, 6.45) is 0.770. The number of phenolic OH excluding ortho intramolecular Hbond substituents is 1. The molecule has 0 bridgehead atoms. The van der Waals surface area contributed by atoms with Crippen molar-refractivity contribution in [2.75, 3.05) is 13.6 Å². The third-order valence-corrected chi connectivity index (χ3v) is 8.61. The van der Waals surface area contributed by atoms with E-state index in [-0.39, 0.29) is 36.1 Å². The van der Waals surface area contributed by atoms with Crippen molar-refractivity contribution in [3.8, 4) is 5.75 Å². The minimum absolute atomic E-state index is 0.0568. The number of fused-ring (bicyclic) bond motifs is 3. The van der Waals surface area contributed by atoms with Gasteiger partial charge in [0.15, 0.2) is 11.4 Å². The standard InChI is InChI=1S/C29H29ClN2O7/c1-32(8-7-14-5-3-2-4-6-14)13-16-11-19(33)22-18(24(16)30)10-15-9-17-12-20(34)23(28(31)38)27(37)29(17,39)26(36)21(15)25(22)35/h2-6,11,15,17,33-34,36,39H,7-10,12-13H2,1H3,(H2,31,38)/t15?,17-,29-/m0/s1. The second-order valence-electron chi connectivity index (χ2n) is 10.6. The van der Waals surface area contributed by atoms with Crippen molar-refractivity contribution in [3.05, 3.63) is 86.3 Å². The maximum atomic E-state index is 13.6. The Balaban J connectivity index is 1.47. The molecule has 1 amide bonds. The molecule has 0 spiro atoms. The van der Waals surface area contributed by atoms with Crippen molar-refractivity contribution in [1.29, 1.82) is 0 Å². The Labute approximate surface area is 229 Å². The quantitative estimate of drug-likeness (QED) is 0.342. The lowest BCUT2D eigenvalue weighted by molar-refractivity contribution is -0.144. The van der Waals surface area contributed by atoms with Gasteiger partial charge in [-0.1, -0.05) is 41.9 Å². The number of rotatable bonds is 6. The Bertz CT molecular complexity index is 1470. The Morgan fingerprint density at radius 1 is 1.15 bits per heavy atom. The molecule has 2 aromatic carbocycles. The first-order valence-corrected chi connectivity index (χ1v) is 13.1. The fourth-order valence-corrected chi connectivity index (χ4v) is 6.46. The first-order chi connectivity index (χ1) is 18.4. The maximum absolute atomic E-state index is 13.6. The van der Waals surface area contributed by atoms with E-state index >= 15 is 0 Å². The van der Waals surface area contributed by atoms with Gasteiger partial charge < -0.3 is 31.1 Å². The lowest BCUT2D eigenvalue weighted by Crippen LogP contribution is -2.57. The number of halogens is 1. The lowest BCUT2D eigenvalue weighted by atomic mass is 9.60. The number of likely N-dealkylation sites (N-methyl/N-ethyl adjacent to an activating group) is 1. The summed E-state index contributed by atoms with van der Waals surface area (Å²) in [5.41, 5.74) is 3.80. The number of benzene rings is 2. The summed E-state index contributed by atoms with van der Waals surface area (Å²) in [6, 6.07) is 11.4. The zero-order valence-electron chi connectivity index (χ0n) is 21.3. The van der Waals surface area contributed by atoms with Gasteiger partial charge in [-0.05, 0) is 55.0 Å². The number of hydrogen-bond acceptors (Lipinski definition) is 8. The van der Waals surface area contributed by atoms with E-state index in [4.69, 9.17) is 17.3 Å². The third kappa shape index (κ3) is 4.30. The lowest BCUT2D eigenvalue weighted by Gasteiger charge is -2.45. The van der Waals surface area contributed by atoms with E-state index in [9.17, 15) is 34.8 Å². The molecule has 1 unspecified atom stereocenters. The second-order valence-corrected chi connectivity index (χ2v) is 11.0. The number of aliphatic hydroxyl groups excluding tert-OH is 2. The maximum Gasteiger partial charge on any atom is 0.255 e. The van der Waals surface area contributed by atoms with Crippen molar-refractivity contribution in [2.45, 2.75) is 37.8 Å². The molecule has 0 aliphatic heterocycles. The first-order valence-electron chi connectivity index (χ1n) is 12.7. The normalized spacial score (nSPS) is 24.5. The SMILES string of the molecule is CN(CCc1ccccc1)Cc1cc(O)c2c(c1Cl)CC1C[C@H]3CC(O)=C(C(N)=O)C(=O)[C@@]3(O)C(O)=C1C2=O. The Morgan fingerprint density at radius 3 is 2.51 bits per heavy atom. The predicted octanol–water partition coefficient (Wildman–Crippen LogP) is 2.91. The van der Waals surface area contributed by atoms with E-state index in [1.807, 2.05) is 37.4 Å². The zero-order chi connectivity index (χ0) is 28.2. The van der Waals surface area contributed by atoms with Crippen LogP contribution in [0.2, 0.25) is 5.02 Å². The summed E-state index contributed by atoms with van der Waals surface area (Å²) < 4.78 is 0. The number of nitrogens with two attached hydrogens (primary N) is 1. The van der Waals surface area contributed by atoms with Gasteiger partial charge in [0.2, 0.25) is 5.78 Å². The van der Waals surface area contributed by atoms with Crippen LogP contribution < -0.4 is 5.73 Å². The average molecular weight is 553 g/mol. The Kier molecular flexibility index (Phi) is 6.78. The highest BCUT2D eigenvalue weighted by Crippen LogP contribution is 2.52. The molecule has 39 heavy (non-hydrogen) atoms. The number of aliphatic hydroxyl groups is 3. The van der Waals surface area contributed by atoms with Gasteiger partial charge in [0, 0.05) is 36.0 Å². The van der Waals surface area contributed by atoms with Gasteiger partial charge in [-0.25, -0.2) is 0 Å². The number of primary amides is 1. The van der Waals surface area contributed by atoms with E-state index in [1.54, 1.807) is 0 Å². The molecule has 3 atom stereocenters. The molecule has 3 aliphatic rings. The molecule has 0 radical (unpaired) electrons. The van der Waals surface area contributed by atoms with Crippen LogP contribution in [0.5, 0.6) is 5.75 Å². The van der Waals surface area contributed by atoms with Crippen LogP contribution in [-0.2, 0) is 29.0 Å². The fraction of sp³-hybridized carbons (Fsp3) is 0.345. The molecule has 0 fully saturated rings. The number of nitrogens with zero attached hydrogens (tertiary/aromatic N) is 1. The van der Waals surface area contributed by atoms with Gasteiger partial charge in [-0.2, -0.15) is 0 Å². The monoisotopic (exact) mass is 552 g/mol. The van der Waals surface area contributed by atoms with E-state index in [0.29, 0.717) is 22.7 Å². The van der Waals surface area contributed by atoms with Crippen LogP contribution in [0.25, 0.3) is 0 Å². The number of allylic oxidation sites excluding steroid dienone is 2. The van der Waals surface area contributed by atoms with Crippen LogP contribution in [-0.4, -0.2) is 62.0 Å². The number of hydrogen-bond donors (Lipinski definition) is 5. The van der Waals surface area contributed by atoms with E-state index in [0.717, 1.165) is 13.0 Å². The molecular weight excluding hydrogens is 524 g/mol. The average Bonchev–Trinajstić information content (AvgIpc) is 2.88. The van der Waals surface area contributed by atoms with Crippen LogP contribution in [0.15, 0.2) is 59.1 Å². The topological polar surface area (TPSA) is 161 Å². The molecule has 2 aromatic rings. The second kappa shape index (κ2) is 9.82. The first kappa shape index (κ1) is 26.9. The van der Waals surface area contributed by atoms with Crippen molar-refractivity contribution in [3.63, 3.8) is 0 Å². The van der Waals surface area contributed by atoms with Gasteiger partial charge in [0.25, 0.3) is 5.91 Å². The number of carbonyl (C=O) groups is 3. The molecule has 6 N–H and O–H groups in total. The minimum atomic E-state index is -2.59. The molecule has 0 saturated heterocycles. The Morgan fingerprint density at radius 2 is 1.85 bits per heavy atom. The van der Waals surface area contributed by atoms with Gasteiger partial charge >= 0.3 is 0 Å². The summed E-state index contributed by atoms with van der Waals surface area (Å²) >= 11 is 6.79. The van der Waals surface area contributed by atoms with Gasteiger partial charge in [0.1, 0.15) is 22.8 Å². The molecular formula is C29H29ClN2O7. The number of aromatic hydroxyl groups is 1. The van der Waals surface area contributed by atoms with Crippen molar-refractivity contribution in [2.24, 2.45) is 17.6 Å². The largest absolute Gasteiger partial charge is 0.511 e. The summed E-state index contributed by atoms with van der Waals surface area (Å²) in [5, 5.41) is 43.9. The van der Waals surface area contributed by atoms with Crippen LogP contribution in [0, 0.1) is 11.8 Å². The van der Waals surface area contributed by atoms with Crippen molar-refractivity contribution < 1.29 is 34.8 Å². The van der Waals surface area contributed by atoms with Gasteiger partial charge in [0.05, 0.1) is 5.56 Å². The molecule has 9 nitrogen and oxygen atoms in total. The highest BCUT2D eigenvalue weighted by molar-refractivity contribution is 6.33. The third-order valence-electron chi connectivity index (χ3n) is 8.14. The molecule has 0 aromatic heterocycles. The molecule has 5 rings (SSSR count). The van der Waals surface area contributed by atoms with Crippen LogP contribution in [0.4, 0.5) is 0 Å². The van der Waals surface area contributed by atoms with Crippen molar-refractivity contribution in [1.82, 2.24) is 4.90 Å². The van der Waals surface area contributed by atoms with Crippen LogP contribution in [0.1, 0.15) is 39.9 Å².